The summed E-state index contributed by atoms with van der Waals surface area (Å²) in [5.41, 5.74) is 0.714. The van der Waals surface area contributed by atoms with E-state index in [1.54, 1.807) is 36.4 Å². The van der Waals surface area contributed by atoms with Crippen LogP contribution in [0.3, 0.4) is 0 Å². The molecule has 1 aliphatic rings. The van der Waals surface area contributed by atoms with Gasteiger partial charge in [-0.3, -0.25) is 9.59 Å². The second-order valence-electron chi connectivity index (χ2n) is 7.60. The van der Waals surface area contributed by atoms with Crippen LogP contribution >= 0.6 is 0 Å². The predicted molar refractivity (Wildman–Crippen MR) is 115 cm³/mol. The Bertz CT molecular complexity index is 1150. The smallest absolute Gasteiger partial charge is 0.337 e. The van der Waals surface area contributed by atoms with Crippen LogP contribution in [0.5, 0.6) is 0 Å². The number of carbonyl (C=O) groups is 3. The Kier molecular flexibility index (Phi) is 5.17. The number of rotatable bonds is 5. The Hall–Kier alpha value is -3.77. The van der Waals surface area contributed by atoms with Gasteiger partial charge in [-0.15, -0.1) is 0 Å². The molecule has 1 atom stereocenters. The fourth-order valence-corrected chi connectivity index (χ4v) is 3.94. The predicted octanol–water partition coefficient (Wildman–Crippen LogP) is 3.63. The molecule has 31 heavy (non-hydrogen) atoms. The third-order valence-electron chi connectivity index (χ3n) is 5.60. The molecule has 2 N–H and O–H groups in total. The number of aryl methyl sites for hydroxylation is 1. The third-order valence-corrected chi connectivity index (χ3v) is 5.60. The van der Waals surface area contributed by atoms with Gasteiger partial charge in [-0.05, 0) is 35.7 Å². The molecule has 1 fully saturated rings. The topological polar surface area (TPSA) is 94.9 Å². The fourth-order valence-electron chi connectivity index (χ4n) is 3.94. The molecule has 1 unspecified atom stereocenters. The quantitative estimate of drug-likeness (QED) is 0.490. The van der Waals surface area contributed by atoms with Gasteiger partial charge in [0.05, 0.1) is 11.3 Å². The molecule has 6 nitrogen and oxygen atoms in total. The van der Waals surface area contributed by atoms with Crippen molar-refractivity contribution in [2.24, 2.45) is 0 Å². The van der Waals surface area contributed by atoms with Crippen LogP contribution in [0.2, 0.25) is 0 Å². The molecular formula is C25H21NO5. The van der Waals surface area contributed by atoms with Crippen LogP contribution in [0.4, 0.5) is 5.69 Å². The molecule has 4 rings (SSSR count). The number of aromatic carboxylic acids is 1. The number of amides is 2. The van der Waals surface area contributed by atoms with Crippen molar-refractivity contribution in [3.05, 3.63) is 101 Å². The van der Waals surface area contributed by atoms with Crippen LogP contribution < -0.4 is 4.90 Å². The molecule has 0 radical (unpaired) electrons. The van der Waals surface area contributed by atoms with E-state index < -0.39 is 23.4 Å². The molecular weight excluding hydrogens is 394 g/mol. The van der Waals surface area contributed by atoms with E-state index in [9.17, 15) is 24.6 Å². The third kappa shape index (κ3) is 3.51. The van der Waals surface area contributed by atoms with Crippen molar-refractivity contribution in [2.75, 3.05) is 4.90 Å². The summed E-state index contributed by atoms with van der Waals surface area (Å²) in [6.07, 6.45) is 0.0616. The minimum atomic E-state index is -1.62. The van der Waals surface area contributed by atoms with Crippen molar-refractivity contribution in [3.8, 4) is 0 Å². The van der Waals surface area contributed by atoms with Gasteiger partial charge in [0, 0.05) is 12.8 Å². The van der Waals surface area contributed by atoms with E-state index in [1.165, 1.54) is 18.2 Å². The van der Waals surface area contributed by atoms with Crippen molar-refractivity contribution in [2.45, 2.75) is 25.4 Å². The second-order valence-corrected chi connectivity index (χ2v) is 7.60. The number of hydrogen-bond acceptors (Lipinski definition) is 4. The number of carbonyl (C=O) groups excluding carboxylic acids is 2. The maximum atomic E-state index is 12.3. The highest BCUT2D eigenvalue weighted by atomic mass is 16.4. The van der Waals surface area contributed by atoms with Crippen molar-refractivity contribution in [3.63, 3.8) is 0 Å². The number of benzene rings is 3. The molecule has 3 aromatic rings. The first kappa shape index (κ1) is 20.5. The highest BCUT2D eigenvalue weighted by Crippen LogP contribution is 2.39. The maximum absolute atomic E-state index is 12.3. The largest absolute Gasteiger partial charge is 0.478 e. The van der Waals surface area contributed by atoms with Crippen LogP contribution in [-0.4, -0.2) is 28.0 Å². The van der Waals surface area contributed by atoms with Crippen LogP contribution in [0.1, 0.15) is 45.5 Å². The van der Waals surface area contributed by atoms with E-state index in [2.05, 4.69) is 0 Å². The lowest BCUT2D eigenvalue weighted by Gasteiger charge is -2.31. The summed E-state index contributed by atoms with van der Waals surface area (Å²) in [7, 11) is 0. The minimum Gasteiger partial charge on any atom is -0.478 e. The van der Waals surface area contributed by atoms with Crippen LogP contribution in [0, 0.1) is 6.92 Å². The monoisotopic (exact) mass is 415 g/mol. The molecule has 156 valence electrons. The Morgan fingerprint density at radius 3 is 1.97 bits per heavy atom. The highest BCUT2D eigenvalue weighted by molar-refractivity contribution is 6.21. The van der Waals surface area contributed by atoms with Crippen LogP contribution in [0.25, 0.3) is 0 Å². The van der Waals surface area contributed by atoms with E-state index in [0.717, 1.165) is 10.5 Å². The molecule has 6 heteroatoms. The lowest BCUT2D eigenvalue weighted by Crippen LogP contribution is -2.32. The second kappa shape index (κ2) is 7.81. The zero-order valence-electron chi connectivity index (χ0n) is 16.9. The molecule has 0 aliphatic carbocycles. The lowest BCUT2D eigenvalue weighted by molar-refractivity contribution is -0.121. The Morgan fingerprint density at radius 2 is 1.39 bits per heavy atom. The SMILES string of the molecule is Cc1ccc(C(O)(c2ccccc2)c2ccc(C(=O)O)c(N3C(=O)CCC3=O)c2)cc1. The van der Waals surface area contributed by atoms with Crippen molar-refractivity contribution < 1.29 is 24.6 Å². The van der Waals surface area contributed by atoms with Gasteiger partial charge in [0.15, 0.2) is 0 Å². The minimum absolute atomic E-state index is 0.0287. The van der Waals surface area contributed by atoms with Gasteiger partial charge in [0.1, 0.15) is 5.60 Å². The molecule has 1 heterocycles. The van der Waals surface area contributed by atoms with Crippen LogP contribution in [-0.2, 0) is 15.2 Å². The first-order valence-electron chi connectivity index (χ1n) is 9.91. The van der Waals surface area contributed by atoms with Gasteiger partial charge in [-0.2, -0.15) is 0 Å². The van der Waals surface area contributed by atoms with E-state index in [0.29, 0.717) is 16.7 Å². The van der Waals surface area contributed by atoms with E-state index in [-0.39, 0.29) is 24.1 Å². The van der Waals surface area contributed by atoms with Crippen molar-refractivity contribution in [1.29, 1.82) is 0 Å². The Morgan fingerprint density at radius 1 is 0.839 bits per heavy atom. The Balaban J connectivity index is 1.97. The molecule has 1 aliphatic heterocycles. The first-order chi connectivity index (χ1) is 14.8. The summed E-state index contributed by atoms with van der Waals surface area (Å²) in [4.78, 5) is 37.4. The summed E-state index contributed by atoms with van der Waals surface area (Å²) in [5.74, 6) is -2.17. The molecule has 0 spiro atoms. The summed E-state index contributed by atoms with van der Waals surface area (Å²) >= 11 is 0. The number of carboxylic acids is 1. The van der Waals surface area contributed by atoms with Gasteiger partial charge in [0.2, 0.25) is 11.8 Å². The number of anilines is 1. The van der Waals surface area contributed by atoms with Gasteiger partial charge in [-0.1, -0.05) is 66.2 Å². The average molecular weight is 415 g/mol. The van der Waals surface area contributed by atoms with E-state index in [1.807, 2.05) is 25.1 Å². The molecule has 1 saturated heterocycles. The molecule has 0 bridgehead atoms. The summed E-state index contributed by atoms with van der Waals surface area (Å²) in [6.45, 7) is 1.94. The first-order valence-corrected chi connectivity index (χ1v) is 9.91. The average Bonchev–Trinajstić information content (AvgIpc) is 3.11. The van der Waals surface area contributed by atoms with E-state index >= 15 is 0 Å². The number of aliphatic hydroxyl groups is 1. The fraction of sp³-hybridized carbons (Fsp3) is 0.160. The molecule has 3 aromatic carbocycles. The molecule has 0 aromatic heterocycles. The normalized spacial score (nSPS) is 15.7. The van der Waals surface area contributed by atoms with Gasteiger partial charge in [0.25, 0.3) is 0 Å². The van der Waals surface area contributed by atoms with Crippen molar-refractivity contribution in [1.82, 2.24) is 0 Å². The molecule has 0 saturated carbocycles. The summed E-state index contributed by atoms with van der Waals surface area (Å²) in [6, 6.07) is 20.6. The molecule has 2 amide bonds. The standard InChI is InChI=1S/C25H21NO5/c1-16-7-9-18(10-8-16)25(31,17-5-3-2-4-6-17)19-11-12-20(24(29)30)21(15-19)26-22(27)13-14-23(26)28/h2-12,15,31H,13-14H2,1H3,(H,29,30). The zero-order valence-corrected chi connectivity index (χ0v) is 16.9. The maximum Gasteiger partial charge on any atom is 0.337 e. The lowest BCUT2D eigenvalue weighted by atomic mass is 9.79. The van der Waals surface area contributed by atoms with Gasteiger partial charge in [-0.25, -0.2) is 9.69 Å². The highest BCUT2D eigenvalue weighted by Gasteiger charge is 2.38. The van der Waals surface area contributed by atoms with Gasteiger partial charge >= 0.3 is 5.97 Å². The summed E-state index contributed by atoms with van der Waals surface area (Å²) < 4.78 is 0. The number of imide groups is 1. The van der Waals surface area contributed by atoms with E-state index in [4.69, 9.17) is 0 Å². The summed E-state index contributed by atoms with van der Waals surface area (Å²) in [5, 5.41) is 21.7. The number of nitrogens with zero attached hydrogens (tertiary/aromatic N) is 1. The number of hydrogen-bond donors (Lipinski definition) is 2. The zero-order chi connectivity index (χ0) is 22.2. The number of carboxylic acid groups (broad SMARTS) is 1. The van der Waals surface area contributed by atoms with Gasteiger partial charge < -0.3 is 10.2 Å². The Labute approximate surface area is 179 Å². The van der Waals surface area contributed by atoms with Crippen molar-refractivity contribution >= 4 is 23.5 Å². The van der Waals surface area contributed by atoms with Crippen LogP contribution in [0.15, 0.2) is 72.8 Å².